The topological polar surface area (TPSA) is 63.8 Å². The smallest absolute Gasteiger partial charge is 0.223 e. The van der Waals surface area contributed by atoms with Gasteiger partial charge in [0.25, 0.3) is 0 Å². The van der Waals surface area contributed by atoms with Crippen LogP contribution in [-0.4, -0.2) is 23.1 Å². The standard InChI is InChI=1S/C7H11N4/c8-3-1-4-9-7-10-5-2-6-11-7/h2,5H,1,3-4,8H2,(H,9,10,11). The van der Waals surface area contributed by atoms with E-state index in [1.54, 1.807) is 12.3 Å². The minimum absolute atomic E-state index is 0.612. The first-order valence-electron chi connectivity index (χ1n) is 3.56. The molecule has 1 rings (SSSR count). The Hall–Kier alpha value is -1.16. The Morgan fingerprint density at radius 1 is 1.64 bits per heavy atom. The monoisotopic (exact) mass is 151 g/mol. The molecule has 3 N–H and O–H groups in total. The van der Waals surface area contributed by atoms with E-state index in [-0.39, 0.29) is 0 Å². The third-order valence-electron chi connectivity index (χ3n) is 1.18. The van der Waals surface area contributed by atoms with E-state index in [2.05, 4.69) is 21.5 Å². The average Bonchev–Trinajstić information content (AvgIpc) is 2.07. The molecule has 1 aromatic rings. The summed E-state index contributed by atoms with van der Waals surface area (Å²) in [7, 11) is 0. The van der Waals surface area contributed by atoms with Crippen LogP contribution in [0.1, 0.15) is 6.42 Å². The van der Waals surface area contributed by atoms with Crippen LogP contribution in [0.25, 0.3) is 0 Å². The number of anilines is 1. The van der Waals surface area contributed by atoms with Gasteiger partial charge in [0, 0.05) is 12.7 Å². The maximum Gasteiger partial charge on any atom is 0.223 e. The van der Waals surface area contributed by atoms with Gasteiger partial charge < -0.3 is 11.1 Å². The lowest BCUT2D eigenvalue weighted by molar-refractivity contribution is 0.863. The van der Waals surface area contributed by atoms with Gasteiger partial charge in [-0.25, -0.2) is 9.97 Å². The minimum atomic E-state index is 0.612. The lowest BCUT2D eigenvalue weighted by atomic mass is 10.4. The molecular formula is C7H11N4. The summed E-state index contributed by atoms with van der Waals surface area (Å²) < 4.78 is 0. The van der Waals surface area contributed by atoms with Gasteiger partial charge in [0.2, 0.25) is 5.95 Å². The molecule has 0 aromatic carbocycles. The molecule has 1 aromatic heterocycles. The fourth-order valence-electron chi connectivity index (χ4n) is 0.656. The van der Waals surface area contributed by atoms with E-state index in [0.29, 0.717) is 12.5 Å². The Labute approximate surface area is 65.9 Å². The molecule has 0 spiro atoms. The molecular weight excluding hydrogens is 140 g/mol. The SMILES string of the molecule is NCCCNc1n[c]ccn1. The maximum atomic E-state index is 5.30. The summed E-state index contributed by atoms with van der Waals surface area (Å²) in [4.78, 5) is 7.82. The molecule has 0 unspecified atom stereocenters. The third-order valence-corrected chi connectivity index (χ3v) is 1.18. The minimum Gasteiger partial charge on any atom is -0.354 e. The maximum absolute atomic E-state index is 5.30. The molecule has 0 amide bonds. The highest BCUT2D eigenvalue weighted by atomic mass is 15.1. The van der Waals surface area contributed by atoms with Gasteiger partial charge in [-0.1, -0.05) is 0 Å². The summed E-state index contributed by atoms with van der Waals surface area (Å²) in [6.07, 6.45) is 5.26. The Kier molecular flexibility index (Phi) is 3.34. The van der Waals surface area contributed by atoms with Crippen LogP contribution < -0.4 is 11.1 Å². The number of rotatable bonds is 4. The number of hydrogen-bond donors (Lipinski definition) is 2. The molecule has 0 aliphatic carbocycles. The van der Waals surface area contributed by atoms with Crippen molar-refractivity contribution in [1.82, 2.24) is 9.97 Å². The molecule has 1 heterocycles. The highest BCUT2D eigenvalue weighted by Gasteiger charge is 1.89. The quantitative estimate of drug-likeness (QED) is 0.596. The van der Waals surface area contributed by atoms with Gasteiger partial charge in [0.15, 0.2) is 0 Å². The molecule has 0 fully saturated rings. The number of nitrogens with two attached hydrogens (primary N) is 1. The average molecular weight is 151 g/mol. The first-order valence-corrected chi connectivity index (χ1v) is 3.56. The fraction of sp³-hybridized carbons (Fsp3) is 0.429. The molecule has 59 valence electrons. The van der Waals surface area contributed by atoms with Gasteiger partial charge in [-0.15, -0.1) is 0 Å². The fourth-order valence-corrected chi connectivity index (χ4v) is 0.656. The number of aromatic nitrogens is 2. The summed E-state index contributed by atoms with van der Waals surface area (Å²) in [6.45, 7) is 1.50. The van der Waals surface area contributed by atoms with Crippen LogP contribution in [0.4, 0.5) is 5.95 Å². The summed E-state index contributed by atoms with van der Waals surface area (Å²) in [5.74, 6) is 0.612. The summed E-state index contributed by atoms with van der Waals surface area (Å²) >= 11 is 0. The molecule has 0 atom stereocenters. The van der Waals surface area contributed by atoms with Crippen LogP contribution in [0, 0.1) is 6.20 Å². The van der Waals surface area contributed by atoms with Crippen LogP contribution in [0.3, 0.4) is 0 Å². The Morgan fingerprint density at radius 3 is 3.18 bits per heavy atom. The van der Waals surface area contributed by atoms with Crippen molar-refractivity contribution in [3.05, 3.63) is 18.5 Å². The van der Waals surface area contributed by atoms with Gasteiger partial charge >= 0.3 is 0 Å². The van der Waals surface area contributed by atoms with E-state index in [9.17, 15) is 0 Å². The molecule has 11 heavy (non-hydrogen) atoms. The van der Waals surface area contributed by atoms with E-state index in [1.807, 2.05) is 0 Å². The Bertz CT molecular complexity index is 187. The summed E-state index contributed by atoms with van der Waals surface area (Å²) in [5.41, 5.74) is 5.30. The predicted molar refractivity (Wildman–Crippen MR) is 43.0 cm³/mol. The van der Waals surface area contributed by atoms with E-state index < -0.39 is 0 Å². The highest BCUT2D eigenvalue weighted by Crippen LogP contribution is 1.92. The van der Waals surface area contributed by atoms with Gasteiger partial charge in [-0.3, -0.25) is 0 Å². The zero-order valence-corrected chi connectivity index (χ0v) is 6.25. The van der Waals surface area contributed by atoms with E-state index >= 15 is 0 Å². The third kappa shape index (κ3) is 2.95. The van der Waals surface area contributed by atoms with Crippen molar-refractivity contribution >= 4 is 5.95 Å². The van der Waals surface area contributed by atoms with E-state index in [1.165, 1.54) is 0 Å². The van der Waals surface area contributed by atoms with Crippen molar-refractivity contribution in [3.63, 3.8) is 0 Å². The second kappa shape index (κ2) is 4.62. The summed E-state index contributed by atoms with van der Waals surface area (Å²) in [6, 6.07) is 1.66. The van der Waals surface area contributed by atoms with Gasteiger partial charge in [-0.2, -0.15) is 0 Å². The van der Waals surface area contributed by atoms with Crippen LogP contribution in [0.5, 0.6) is 0 Å². The van der Waals surface area contributed by atoms with Crippen LogP contribution >= 0.6 is 0 Å². The lowest BCUT2D eigenvalue weighted by Gasteiger charge is -2.00. The van der Waals surface area contributed by atoms with Crippen molar-refractivity contribution in [1.29, 1.82) is 0 Å². The molecule has 0 aliphatic heterocycles. The van der Waals surface area contributed by atoms with Gasteiger partial charge in [0.05, 0.1) is 6.20 Å². The molecule has 0 bridgehead atoms. The zero-order chi connectivity index (χ0) is 7.94. The zero-order valence-electron chi connectivity index (χ0n) is 6.25. The van der Waals surface area contributed by atoms with Crippen LogP contribution in [0.15, 0.2) is 12.3 Å². The van der Waals surface area contributed by atoms with Gasteiger partial charge in [-0.05, 0) is 19.0 Å². The first-order chi connectivity index (χ1) is 5.43. The second-order valence-electron chi connectivity index (χ2n) is 2.08. The van der Waals surface area contributed by atoms with E-state index in [4.69, 9.17) is 5.73 Å². The molecule has 4 heteroatoms. The first kappa shape index (κ1) is 7.94. The van der Waals surface area contributed by atoms with Crippen molar-refractivity contribution in [3.8, 4) is 0 Å². The summed E-state index contributed by atoms with van der Waals surface area (Å²) in [5, 5.41) is 3.01. The number of hydrogen-bond acceptors (Lipinski definition) is 4. The van der Waals surface area contributed by atoms with Crippen molar-refractivity contribution in [2.75, 3.05) is 18.4 Å². The normalized spacial score (nSPS) is 9.55. The van der Waals surface area contributed by atoms with E-state index in [0.717, 1.165) is 13.0 Å². The Balaban J connectivity index is 2.28. The highest BCUT2D eigenvalue weighted by molar-refractivity contribution is 5.21. The van der Waals surface area contributed by atoms with Crippen LogP contribution in [0.2, 0.25) is 0 Å². The van der Waals surface area contributed by atoms with Crippen molar-refractivity contribution in [2.45, 2.75) is 6.42 Å². The molecule has 0 saturated carbocycles. The number of nitrogens with zero attached hydrogens (tertiary/aromatic N) is 2. The van der Waals surface area contributed by atoms with Gasteiger partial charge in [0.1, 0.15) is 0 Å². The molecule has 4 nitrogen and oxygen atoms in total. The van der Waals surface area contributed by atoms with Crippen LogP contribution in [-0.2, 0) is 0 Å². The Morgan fingerprint density at radius 2 is 2.55 bits per heavy atom. The molecule has 0 saturated heterocycles. The van der Waals surface area contributed by atoms with Crippen molar-refractivity contribution < 1.29 is 0 Å². The van der Waals surface area contributed by atoms with Crippen molar-refractivity contribution in [2.24, 2.45) is 5.73 Å². The largest absolute Gasteiger partial charge is 0.354 e. The number of nitrogens with one attached hydrogen (secondary N) is 1. The predicted octanol–water partition coefficient (Wildman–Crippen LogP) is 0.0375. The molecule has 1 radical (unpaired) electrons. The second-order valence-corrected chi connectivity index (χ2v) is 2.08. The lowest BCUT2D eigenvalue weighted by Crippen LogP contribution is -2.09. The molecule has 0 aliphatic rings.